The lowest BCUT2D eigenvalue weighted by Crippen LogP contribution is -1.70. The fourth-order valence-electron chi connectivity index (χ4n) is 0.672. The van der Waals surface area contributed by atoms with Gasteiger partial charge >= 0.3 is 0 Å². The van der Waals surface area contributed by atoms with Gasteiger partial charge in [-0.15, -0.1) is 29.7 Å². The maximum atomic E-state index is 3.67. The first kappa shape index (κ1) is 7.89. The minimum Gasteiger partial charge on any atom is -0.148 e. The van der Waals surface area contributed by atoms with Crippen LogP contribution in [-0.4, -0.2) is 5.75 Å². The van der Waals surface area contributed by atoms with Crippen LogP contribution in [0.1, 0.15) is 4.88 Å². The molecule has 54 valence electrons. The van der Waals surface area contributed by atoms with Gasteiger partial charge in [0.05, 0.1) is 0 Å². The molecule has 0 aromatic carbocycles. The predicted molar refractivity (Wildman–Crippen MR) is 50.0 cm³/mol. The molecule has 1 aromatic heterocycles. The van der Waals surface area contributed by atoms with Crippen molar-refractivity contribution in [3.63, 3.8) is 0 Å². The Morgan fingerprint density at radius 1 is 1.80 bits per heavy atom. The van der Waals surface area contributed by atoms with Crippen LogP contribution in [0.15, 0.2) is 29.0 Å². The Hall–Kier alpha value is -0.210. The van der Waals surface area contributed by atoms with E-state index in [2.05, 4.69) is 24.9 Å². The molecule has 1 heterocycles. The Morgan fingerprint density at radius 3 is 3.10 bits per heavy atom. The van der Waals surface area contributed by atoms with Crippen LogP contribution in [0.2, 0.25) is 0 Å². The molecule has 2 heteroatoms. The third kappa shape index (κ3) is 1.89. The van der Waals surface area contributed by atoms with Crippen LogP contribution in [0.4, 0.5) is 0 Å². The Labute approximate surface area is 70.0 Å². The van der Waals surface area contributed by atoms with Crippen molar-refractivity contribution < 1.29 is 0 Å². The summed E-state index contributed by atoms with van der Waals surface area (Å²) in [6, 6.07) is 2.16. The first-order chi connectivity index (χ1) is 4.84. The molecule has 0 N–H and O–H groups in total. The molecule has 0 amide bonds. The maximum absolute atomic E-state index is 3.67. The van der Waals surface area contributed by atoms with Crippen molar-refractivity contribution >= 4 is 23.1 Å². The van der Waals surface area contributed by atoms with Crippen LogP contribution < -0.4 is 0 Å². The molecule has 0 radical (unpaired) electrons. The molecule has 0 unspecified atom stereocenters. The molecule has 0 atom stereocenters. The highest BCUT2D eigenvalue weighted by atomic mass is 32.2. The van der Waals surface area contributed by atoms with Gasteiger partial charge in [-0.3, -0.25) is 0 Å². The van der Waals surface area contributed by atoms with E-state index in [1.807, 2.05) is 17.8 Å². The van der Waals surface area contributed by atoms with Crippen molar-refractivity contribution in [1.82, 2.24) is 0 Å². The van der Waals surface area contributed by atoms with Gasteiger partial charge in [-0.1, -0.05) is 6.08 Å². The summed E-state index contributed by atoms with van der Waals surface area (Å²) < 4.78 is 0. The molecule has 10 heavy (non-hydrogen) atoms. The molecular weight excluding hydrogens is 160 g/mol. The molecule has 0 aliphatic carbocycles. The van der Waals surface area contributed by atoms with Gasteiger partial charge in [-0.25, -0.2) is 0 Å². The van der Waals surface area contributed by atoms with Gasteiger partial charge < -0.3 is 0 Å². The van der Waals surface area contributed by atoms with Crippen LogP contribution in [0.25, 0.3) is 0 Å². The molecule has 0 bridgehead atoms. The van der Waals surface area contributed by atoms with E-state index in [1.165, 1.54) is 9.77 Å². The monoisotopic (exact) mass is 170 g/mol. The number of aryl methyl sites for hydroxylation is 1. The van der Waals surface area contributed by atoms with Gasteiger partial charge in [0, 0.05) is 15.5 Å². The molecule has 0 nitrogen and oxygen atoms in total. The van der Waals surface area contributed by atoms with E-state index < -0.39 is 0 Å². The quantitative estimate of drug-likeness (QED) is 0.495. The van der Waals surface area contributed by atoms with E-state index in [0.717, 1.165) is 5.75 Å². The number of hydrogen-bond acceptors (Lipinski definition) is 2. The summed E-state index contributed by atoms with van der Waals surface area (Å²) in [6.45, 7) is 5.82. The lowest BCUT2D eigenvalue weighted by molar-refractivity contribution is 1.42. The molecule has 1 rings (SSSR count). The summed E-state index contributed by atoms with van der Waals surface area (Å²) in [5, 5.41) is 2.13. The number of rotatable bonds is 3. The van der Waals surface area contributed by atoms with Crippen molar-refractivity contribution in [2.45, 2.75) is 11.8 Å². The molecule has 0 saturated carbocycles. The second-order valence-corrected chi connectivity index (χ2v) is 4.12. The summed E-state index contributed by atoms with van der Waals surface area (Å²) in [5.41, 5.74) is 0. The molecule has 0 spiro atoms. The first-order valence-corrected chi connectivity index (χ1v) is 4.99. The largest absolute Gasteiger partial charge is 0.148 e. The SMILES string of the molecule is C=CCSc1ccsc1C. The zero-order valence-corrected chi connectivity index (χ0v) is 7.60. The Morgan fingerprint density at radius 2 is 2.60 bits per heavy atom. The Bertz CT molecular complexity index is 213. The van der Waals surface area contributed by atoms with Gasteiger partial charge in [0.25, 0.3) is 0 Å². The van der Waals surface area contributed by atoms with Crippen molar-refractivity contribution in [1.29, 1.82) is 0 Å². The lowest BCUT2D eigenvalue weighted by Gasteiger charge is -1.93. The number of thioether (sulfide) groups is 1. The molecule has 0 saturated heterocycles. The van der Waals surface area contributed by atoms with E-state index in [1.54, 1.807) is 11.3 Å². The molecule has 0 aliphatic rings. The minimum absolute atomic E-state index is 1.01. The fourth-order valence-corrected chi connectivity index (χ4v) is 2.34. The van der Waals surface area contributed by atoms with Gasteiger partial charge in [-0.05, 0) is 18.4 Å². The smallest absolute Gasteiger partial charge is 0.0211 e. The lowest BCUT2D eigenvalue weighted by atomic mass is 10.5. The van der Waals surface area contributed by atoms with Crippen molar-refractivity contribution in [2.24, 2.45) is 0 Å². The highest BCUT2D eigenvalue weighted by molar-refractivity contribution is 7.99. The summed E-state index contributed by atoms with van der Waals surface area (Å²) in [5.74, 6) is 1.01. The zero-order chi connectivity index (χ0) is 7.40. The summed E-state index contributed by atoms with van der Waals surface area (Å²) in [4.78, 5) is 2.80. The normalized spacial score (nSPS) is 9.70. The van der Waals surface area contributed by atoms with Crippen LogP contribution in [-0.2, 0) is 0 Å². The molecule has 0 aliphatic heterocycles. The Kier molecular flexibility index (Phi) is 3.03. The van der Waals surface area contributed by atoms with Crippen molar-refractivity contribution in [2.75, 3.05) is 5.75 Å². The summed E-state index contributed by atoms with van der Waals surface area (Å²) in [7, 11) is 0. The minimum atomic E-state index is 1.01. The van der Waals surface area contributed by atoms with E-state index in [-0.39, 0.29) is 0 Å². The summed E-state index contributed by atoms with van der Waals surface area (Å²) >= 11 is 3.65. The number of hydrogen-bond donors (Lipinski definition) is 0. The van der Waals surface area contributed by atoms with Gasteiger partial charge in [-0.2, -0.15) is 0 Å². The van der Waals surface area contributed by atoms with Gasteiger partial charge in [0.15, 0.2) is 0 Å². The second kappa shape index (κ2) is 3.84. The topological polar surface area (TPSA) is 0 Å². The van der Waals surface area contributed by atoms with Crippen LogP contribution in [0.5, 0.6) is 0 Å². The third-order valence-corrected chi connectivity index (χ3v) is 3.30. The molecule has 1 aromatic rings. The number of thiophene rings is 1. The average molecular weight is 170 g/mol. The van der Waals surface area contributed by atoms with Crippen molar-refractivity contribution in [3.8, 4) is 0 Å². The zero-order valence-electron chi connectivity index (χ0n) is 5.96. The average Bonchev–Trinajstić information content (AvgIpc) is 2.31. The van der Waals surface area contributed by atoms with E-state index in [9.17, 15) is 0 Å². The van der Waals surface area contributed by atoms with Gasteiger partial charge in [0.1, 0.15) is 0 Å². The standard InChI is InChI=1S/C8H10S2/c1-3-5-10-8-4-6-9-7(8)2/h3-4,6H,1,5H2,2H3. The van der Waals surface area contributed by atoms with Crippen LogP contribution >= 0.6 is 23.1 Å². The van der Waals surface area contributed by atoms with E-state index in [0.29, 0.717) is 0 Å². The molecular formula is C8H10S2. The predicted octanol–water partition coefficient (Wildman–Crippen LogP) is 3.33. The van der Waals surface area contributed by atoms with Crippen LogP contribution in [0, 0.1) is 6.92 Å². The van der Waals surface area contributed by atoms with E-state index in [4.69, 9.17) is 0 Å². The first-order valence-electron chi connectivity index (χ1n) is 3.12. The van der Waals surface area contributed by atoms with Crippen LogP contribution in [0.3, 0.4) is 0 Å². The van der Waals surface area contributed by atoms with Gasteiger partial charge in [0.2, 0.25) is 0 Å². The second-order valence-electron chi connectivity index (χ2n) is 1.94. The Balaban J connectivity index is 2.56. The third-order valence-electron chi connectivity index (χ3n) is 1.17. The maximum Gasteiger partial charge on any atom is 0.0211 e. The van der Waals surface area contributed by atoms with E-state index >= 15 is 0 Å². The highest BCUT2D eigenvalue weighted by Gasteiger charge is 1.96. The molecule has 0 fully saturated rings. The fraction of sp³-hybridized carbons (Fsp3) is 0.250. The van der Waals surface area contributed by atoms with Crippen molar-refractivity contribution in [3.05, 3.63) is 29.0 Å². The summed E-state index contributed by atoms with van der Waals surface area (Å²) in [6.07, 6.45) is 1.93. The highest BCUT2D eigenvalue weighted by Crippen LogP contribution is 2.26.